The second-order valence-electron chi connectivity index (χ2n) is 8.83. The van der Waals surface area contributed by atoms with Gasteiger partial charge in [0.2, 0.25) is 0 Å². The number of anilines is 1. The Bertz CT molecular complexity index is 1180. The number of methoxy groups -OCH3 is 2. The third-order valence-corrected chi connectivity index (χ3v) is 6.38. The summed E-state index contributed by atoms with van der Waals surface area (Å²) in [5.41, 5.74) is 1.81. The molecule has 0 bridgehead atoms. The number of hydrogen-bond acceptors (Lipinski definition) is 8. The molecule has 9 heteroatoms. The molecule has 35 heavy (non-hydrogen) atoms. The Labute approximate surface area is 205 Å². The van der Waals surface area contributed by atoms with E-state index in [1.807, 2.05) is 30.9 Å². The monoisotopic (exact) mass is 481 g/mol. The fourth-order valence-electron chi connectivity index (χ4n) is 4.52. The average molecular weight is 482 g/mol. The molecule has 0 radical (unpaired) electrons. The first-order chi connectivity index (χ1) is 16.8. The number of aliphatic hydroxyl groups excluding tert-OH is 1. The number of ether oxygens (including phenoxy) is 3. The van der Waals surface area contributed by atoms with Gasteiger partial charge in [0.15, 0.2) is 11.5 Å². The van der Waals surface area contributed by atoms with Crippen LogP contribution in [0.1, 0.15) is 17.2 Å². The molecule has 1 fully saturated rings. The van der Waals surface area contributed by atoms with Gasteiger partial charge in [-0.25, -0.2) is 0 Å². The summed E-state index contributed by atoms with van der Waals surface area (Å²) in [4.78, 5) is 32.0. The number of Topliss-reactive ketones (excluding diaryl/α,β-unsaturated/α-hetero) is 1. The van der Waals surface area contributed by atoms with Crippen LogP contribution in [0.15, 0.2) is 42.0 Å². The molecule has 1 amide bonds. The van der Waals surface area contributed by atoms with Crippen molar-refractivity contribution < 1.29 is 28.9 Å². The van der Waals surface area contributed by atoms with E-state index >= 15 is 0 Å². The van der Waals surface area contributed by atoms with E-state index < -0.39 is 17.7 Å². The number of hydrogen-bond donors (Lipinski definition) is 1. The van der Waals surface area contributed by atoms with Gasteiger partial charge in [0, 0.05) is 31.3 Å². The van der Waals surface area contributed by atoms with Gasteiger partial charge in [0.05, 0.1) is 38.1 Å². The van der Waals surface area contributed by atoms with Crippen LogP contribution in [-0.2, 0) is 9.59 Å². The van der Waals surface area contributed by atoms with Crippen molar-refractivity contribution in [1.29, 1.82) is 0 Å². The third-order valence-electron chi connectivity index (χ3n) is 6.38. The quantitative estimate of drug-likeness (QED) is 0.367. The highest BCUT2D eigenvalue weighted by atomic mass is 16.5. The molecule has 1 atom stereocenters. The van der Waals surface area contributed by atoms with Crippen LogP contribution in [0.4, 0.5) is 5.69 Å². The molecule has 0 spiro atoms. The van der Waals surface area contributed by atoms with Crippen molar-refractivity contribution in [1.82, 2.24) is 9.80 Å². The molecular formula is C26H31N3O6. The number of nitrogens with zero attached hydrogens (tertiary/aromatic N) is 3. The molecule has 0 aromatic heterocycles. The predicted molar refractivity (Wildman–Crippen MR) is 132 cm³/mol. The van der Waals surface area contributed by atoms with E-state index in [1.165, 1.54) is 19.1 Å². The van der Waals surface area contributed by atoms with Crippen LogP contribution in [0.5, 0.6) is 17.2 Å². The third kappa shape index (κ3) is 4.39. The van der Waals surface area contributed by atoms with Crippen LogP contribution in [0.2, 0.25) is 0 Å². The number of benzene rings is 2. The first-order valence-electron chi connectivity index (χ1n) is 11.4. The predicted octanol–water partition coefficient (Wildman–Crippen LogP) is 2.52. The van der Waals surface area contributed by atoms with E-state index in [0.717, 1.165) is 5.69 Å². The molecule has 1 unspecified atom stereocenters. The lowest BCUT2D eigenvalue weighted by atomic mass is 9.94. The average Bonchev–Trinajstić information content (AvgIpc) is 3.11. The van der Waals surface area contributed by atoms with Gasteiger partial charge in [0.25, 0.3) is 11.7 Å². The summed E-state index contributed by atoms with van der Waals surface area (Å²) in [6, 6.07) is 9.69. The van der Waals surface area contributed by atoms with E-state index in [-0.39, 0.29) is 11.3 Å². The summed E-state index contributed by atoms with van der Waals surface area (Å²) in [6.45, 7) is 2.10. The maximum absolute atomic E-state index is 13.3. The lowest BCUT2D eigenvalue weighted by Gasteiger charge is -2.29. The summed E-state index contributed by atoms with van der Waals surface area (Å²) in [6.07, 6.45) is 0. The number of ketones is 1. The maximum atomic E-state index is 13.3. The van der Waals surface area contributed by atoms with E-state index in [0.29, 0.717) is 54.6 Å². The molecule has 1 N–H and O–H groups in total. The Morgan fingerprint density at radius 1 is 1.17 bits per heavy atom. The normalized spacial score (nSPS) is 19.1. The SMILES string of the molecule is COc1cccc(C2/C(=C(\O)c3ccc4c(c3)N(C)CCO4)C(=O)C(=O)N2CCN(C)C)c1OC. The van der Waals surface area contributed by atoms with Gasteiger partial charge in [-0.1, -0.05) is 12.1 Å². The molecule has 2 aliphatic rings. The Hall–Kier alpha value is -3.72. The number of aliphatic hydroxyl groups is 1. The number of amides is 1. The molecule has 0 saturated carbocycles. The van der Waals surface area contributed by atoms with Crippen LogP contribution in [-0.4, -0.2) is 88.2 Å². The van der Waals surface area contributed by atoms with Crippen LogP contribution >= 0.6 is 0 Å². The van der Waals surface area contributed by atoms with Crippen molar-refractivity contribution in [2.75, 3.05) is 66.5 Å². The molecule has 2 aliphatic heterocycles. The highest BCUT2D eigenvalue weighted by molar-refractivity contribution is 6.46. The van der Waals surface area contributed by atoms with Gasteiger partial charge in [-0.15, -0.1) is 0 Å². The van der Waals surface area contributed by atoms with Crippen molar-refractivity contribution in [2.24, 2.45) is 0 Å². The number of carbonyl (C=O) groups excluding carboxylic acids is 2. The molecule has 2 aromatic carbocycles. The van der Waals surface area contributed by atoms with Gasteiger partial charge < -0.3 is 34.0 Å². The van der Waals surface area contributed by atoms with E-state index in [4.69, 9.17) is 14.2 Å². The van der Waals surface area contributed by atoms with Gasteiger partial charge in [-0.3, -0.25) is 9.59 Å². The Morgan fingerprint density at radius 2 is 1.94 bits per heavy atom. The van der Waals surface area contributed by atoms with Crippen LogP contribution in [0.3, 0.4) is 0 Å². The van der Waals surface area contributed by atoms with Gasteiger partial charge in [0.1, 0.15) is 18.1 Å². The fourth-order valence-corrected chi connectivity index (χ4v) is 4.52. The summed E-state index contributed by atoms with van der Waals surface area (Å²) >= 11 is 0. The van der Waals surface area contributed by atoms with Crippen LogP contribution < -0.4 is 19.1 Å². The lowest BCUT2D eigenvalue weighted by molar-refractivity contribution is -0.140. The first-order valence-corrected chi connectivity index (χ1v) is 11.4. The molecule has 2 aromatic rings. The van der Waals surface area contributed by atoms with E-state index in [9.17, 15) is 14.7 Å². The zero-order valence-electron chi connectivity index (χ0n) is 20.7. The summed E-state index contributed by atoms with van der Waals surface area (Å²) < 4.78 is 16.8. The standard InChI is InChI=1S/C26H31N3O6/c1-27(2)11-12-29-22(17-7-6-8-20(33-4)25(17)34-5)21(24(31)26(29)32)23(30)16-9-10-19-18(15-16)28(3)13-14-35-19/h6-10,15,22,30H,11-14H2,1-5H3/b23-21+. The van der Waals surface area contributed by atoms with E-state index in [1.54, 1.807) is 36.4 Å². The lowest BCUT2D eigenvalue weighted by Crippen LogP contribution is -2.35. The molecule has 9 nitrogen and oxygen atoms in total. The minimum absolute atomic E-state index is 0.0136. The minimum atomic E-state index is -0.843. The second kappa shape index (κ2) is 9.87. The number of para-hydroxylation sites is 1. The molecular weight excluding hydrogens is 450 g/mol. The Balaban J connectivity index is 1.90. The fraction of sp³-hybridized carbons (Fsp3) is 0.385. The minimum Gasteiger partial charge on any atom is -0.507 e. The van der Waals surface area contributed by atoms with Crippen molar-refractivity contribution in [3.8, 4) is 17.2 Å². The number of likely N-dealkylation sites (tertiary alicyclic amines) is 1. The molecule has 0 aliphatic carbocycles. The van der Waals surface area contributed by atoms with Crippen molar-refractivity contribution in [3.63, 3.8) is 0 Å². The van der Waals surface area contributed by atoms with Gasteiger partial charge in [-0.05, 0) is 38.4 Å². The number of rotatable bonds is 7. The molecule has 186 valence electrons. The smallest absolute Gasteiger partial charge is 0.295 e. The van der Waals surface area contributed by atoms with Crippen molar-refractivity contribution in [2.45, 2.75) is 6.04 Å². The van der Waals surface area contributed by atoms with Crippen LogP contribution in [0, 0.1) is 0 Å². The van der Waals surface area contributed by atoms with Crippen LogP contribution in [0.25, 0.3) is 5.76 Å². The van der Waals surface area contributed by atoms with Crippen molar-refractivity contribution >= 4 is 23.1 Å². The molecule has 2 heterocycles. The summed E-state index contributed by atoms with van der Waals surface area (Å²) in [5.74, 6) is -0.0720. The van der Waals surface area contributed by atoms with Gasteiger partial charge >= 0.3 is 0 Å². The summed E-state index contributed by atoms with van der Waals surface area (Å²) in [7, 11) is 8.75. The zero-order valence-corrected chi connectivity index (χ0v) is 20.7. The molecule has 4 rings (SSSR count). The zero-order chi connectivity index (χ0) is 25.3. The van der Waals surface area contributed by atoms with Gasteiger partial charge in [-0.2, -0.15) is 0 Å². The topological polar surface area (TPSA) is 91.8 Å². The highest BCUT2D eigenvalue weighted by Gasteiger charge is 2.47. The first kappa shape index (κ1) is 24.4. The molecule has 1 saturated heterocycles. The second-order valence-corrected chi connectivity index (χ2v) is 8.83. The Kier molecular flexibility index (Phi) is 6.88. The van der Waals surface area contributed by atoms with E-state index in [2.05, 4.69) is 0 Å². The Morgan fingerprint density at radius 3 is 2.63 bits per heavy atom. The largest absolute Gasteiger partial charge is 0.507 e. The number of likely N-dealkylation sites (N-methyl/N-ethyl adjacent to an activating group) is 2. The highest BCUT2D eigenvalue weighted by Crippen LogP contribution is 2.46. The number of fused-ring (bicyclic) bond motifs is 1. The number of carbonyl (C=O) groups is 2. The summed E-state index contributed by atoms with van der Waals surface area (Å²) in [5, 5.41) is 11.5. The maximum Gasteiger partial charge on any atom is 0.295 e. The van der Waals surface area contributed by atoms with Crippen molar-refractivity contribution in [3.05, 3.63) is 53.1 Å².